The number of isocyanates is 1. The SMILES string of the molecule is O=C=NC1(c2cccc3[nH]cc(Cl)c23)CCCC1. The zero-order chi connectivity index (χ0) is 12.6. The fourth-order valence-corrected chi connectivity index (χ4v) is 3.28. The molecule has 1 aromatic heterocycles. The Morgan fingerprint density at radius 3 is 2.83 bits per heavy atom. The third-order valence-electron chi connectivity index (χ3n) is 3.85. The highest BCUT2D eigenvalue weighted by Gasteiger charge is 2.37. The van der Waals surface area contributed by atoms with Crippen molar-refractivity contribution >= 4 is 28.6 Å². The van der Waals surface area contributed by atoms with Gasteiger partial charge in [0.1, 0.15) is 0 Å². The lowest BCUT2D eigenvalue weighted by atomic mass is 9.86. The van der Waals surface area contributed by atoms with Gasteiger partial charge in [-0.15, -0.1) is 0 Å². The zero-order valence-corrected chi connectivity index (χ0v) is 10.6. The molecular weight excluding hydrogens is 248 g/mol. The number of hydrogen-bond acceptors (Lipinski definition) is 2. The first kappa shape index (κ1) is 11.5. The summed E-state index contributed by atoms with van der Waals surface area (Å²) in [5.74, 6) is 0. The van der Waals surface area contributed by atoms with Crippen molar-refractivity contribution in [2.75, 3.05) is 0 Å². The molecule has 0 atom stereocenters. The lowest BCUT2D eigenvalue weighted by Crippen LogP contribution is -2.19. The van der Waals surface area contributed by atoms with Gasteiger partial charge < -0.3 is 4.98 Å². The highest BCUT2D eigenvalue weighted by molar-refractivity contribution is 6.35. The van der Waals surface area contributed by atoms with E-state index in [4.69, 9.17) is 11.6 Å². The lowest BCUT2D eigenvalue weighted by Gasteiger charge is -2.23. The molecule has 1 fully saturated rings. The fraction of sp³-hybridized carbons (Fsp3) is 0.357. The van der Waals surface area contributed by atoms with E-state index >= 15 is 0 Å². The molecule has 0 unspecified atom stereocenters. The summed E-state index contributed by atoms with van der Waals surface area (Å²) in [6.45, 7) is 0. The summed E-state index contributed by atoms with van der Waals surface area (Å²) in [6, 6.07) is 5.98. The number of rotatable bonds is 2. The number of nitrogens with zero attached hydrogens (tertiary/aromatic N) is 1. The van der Waals surface area contributed by atoms with Gasteiger partial charge in [0.05, 0.1) is 10.6 Å². The van der Waals surface area contributed by atoms with E-state index in [9.17, 15) is 4.79 Å². The molecule has 1 aromatic carbocycles. The Morgan fingerprint density at radius 1 is 1.33 bits per heavy atom. The van der Waals surface area contributed by atoms with E-state index < -0.39 is 5.54 Å². The van der Waals surface area contributed by atoms with Gasteiger partial charge in [0.15, 0.2) is 0 Å². The molecule has 0 bridgehead atoms. The number of carbonyl (C=O) groups excluding carboxylic acids is 1. The quantitative estimate of drug-likeness (QED) is 0.645. The Morgan fingerprint density at radius 2 is 2.11 bits per heavy atom. The van der Waals surface area contributed by atoms with Crippen LogP contribution < -0.4 is 0 Å². The van der Waals surface area contributed by atoms with Gasteiger partial charge in [0.2, 0.25) is 6.08 Å². The standard InChI is InChI=1S/C14H13ClN2O/c15-11-8-16-12-5-3-4-10(13(11)12)14(17-9-18)6-1-2-7-14/h3-5,8,16H,1-2,6-7H2. The molecule has 3 nitrogen and oxygen atoms in total. The summed E-state index contributed by atoms with van der Waals surface area (Å²) in [6.07, 6.45) is 7.49. The number of benzene rings is 1. The predicted octanol–water partition coefficient (Wildman–Crippen LogP) is 3.93. The van der Waals surface area contributed by atoms with Gasteiger partial charge in [0.25, 0.3) is 0 Å². The minimum Gasteiger partial charge on any atom is -0.360 e. The fourth-order valence-electron chi connectivity index (χ4n) is 3.02. The van der Waals surface area contributed by atoms with Crippen LogP contribution in [0.2, 0.25) is 5.02 Å². The van der Waals surface area contributed by atoms with Crippen molar-refractivity contribution in [3.05, 3.63) is 35.0 Å². The van der Waals surface area contributed by atoms with Crippen molar-refractivity contribution in [2.45, 2.75) is 31.2 Å². The summed E-state index contributed by atoms with van der Waals surface area (Å²) >= 11 is 6.25. The Labute approximate surface area is 110 Å². The average Bonchev–Trinajstić information content (AvgIpc) is 2.98. The Hall–Kier alpha value is -1.57. The molecular formula is C14H13ClN2O. The summed E-state index contributed by atoms with van der Waals surface area (Å²) < 4.78 is 0. The number of halogens is 1. The van der Waals surface area contributed by atoms with Gasteiger partial charge in [0, 0.05) is 17.1 Å². The molecule has 92 valence electrons. The van der Waals surface area contributed by atoms with Crippen LogP contribution in [0.1, 0.15) is 31.2 Å². The van der Waals surface area contributed by atoms with E-state index in [-0.39, 0.29) is 0 Å². The molecule has 1 N–H and O–H groups in total. The molecule has 0 amide bonds. The van der Waals surface area contributed by atoms with Gasteiger partial charge in [-0.3, -0.25) is 0 Å². The first-order valence-corrected chi connectivity index (χ1v) is 6.50. The van der Waals surface area contributed by atoms with Crippen molar-refractivity contribution in [3.8, 4) is 0 Å². The first-order valence-electron chi connectivity index (χ1n) is 6.12. The van der Waals surface area contributed by atoms with E-state index in [1.54, 1.807) is 12.3 Å². The number of H-pyrrole nitrogens is 1. The van der Waals surface area contributed by atoms with Crippen LogP contribution in [0.4, 0.5) is 0 Å². The number of nitrogens with one attached hydrogen (secondary N) is 1. The molecule has 1 saturated carbocycles. The van der Waals surface area contributed by atoms with Crippen molar-refractivity contribution in [1.29, 1.82) is 0 Å². The Bertz CT molecular complexity index is 634. The summed E-state index contributed by atoms with van der Waals surface area (Å²) in [7, 11) is 0. The Balaban J connectivity index is 2.29. The molecule has 0 saturated heterocycles. The van der Waals surface area contributed by atoms with E-state index in [1.165, 1.54) is 0 Å². The third kappa shape index (κ3) is 1.59. The van der Waals surface area contributed by atoms with Crippen LogP contribution in [0.3, 0.4) is 0 Å². The van der Waals surface area contributed by atoms with Crippen LogP contribution in [-0.4, -0.2) is 11.1 Å². The molecule has 0 aliphatic heterocycles. The minimum atomic E-state index is -0.424. The van der Waals surface area contributed by atoms with Crippen molar-refractivity contribution in [3.63, 3.8) is 0 Å². The van der Waals surface area contributed by atoms with Gasteiger partial charge in [-0.1, -0.05) is 36.6 Å². The van der Waals surface area contributed by atoms with E-state index in [0.717, 1.165) is 42.1 Å². The molecule has 1 aliphatic rings. The minimum absolute atomic E-state index is 0.424. The van der Waals surface area contributed by atoms with Crippen LogP contribution >= 0.6 is 11.6 Å². The highest BCUT2D eigenvalue weighted by Crippen LogP contribution is 2.45. The Kier molecular flexibility index (Phi) is 2.73. The second-order valence-electron chi connectivity index (χ2n) is 4.81. The maximum Gasteiger partial charge on any atom is 0.235 e. The van der Waals surface area contributed by atoms with Crippen molar-refractivity contribution in [1.82, 2.24) is 4.98 Å². The maximum atomic E-state index is 10.8. The number of aliphatic imine (C=N–C) groups is 1. The normalized spacial score (nSPS) is 17.8. The first-order chi connectivity index (χ1) is 8.77. The summed E-state index contributed by atoms with van der Waals surface area (Å²) in [4.78, 5) is 18.0. The maximum absolute atomic E-state index is 10.8. The van der Waals surface area contributed by atoms with Crippen molar-refractivity contribution in [2.24, 2.45) is 4.99 Å². The molecule has 1 aliphatic carbocycles. The van der Waals surface area contributed by atoms with Crippen LogP contribution in [-0.2, 0) is 10.3 Å². The number of fused-ring (bicyclic) bond motifs is 1. The highest BCUT2D eigenvalue weighted by atomic mass is 35.5. The van der Waals surface area contributed by atoms with Crippen LogP contribution in [0.15, 0.2) is 29.4 Å². The van der Waals surface area contributed by atoms with E-state index in [1.807, 2.05) is 18.2 Å². The van der Waals surface area contributed by atoms with Crippen LogP contribution in [0, 0.1) is 0 Å². The lowest BCUT2D eigenvalue weighted by molar-refractivity contribution is 0.459. The van der Waals surface area contributed by atoms with Crippen LogP contribution in [0.25, 0.3) is 10.9 Å². The summed E-state index contributed by atoms with van der Waals surface area (Å²) in [5, 5.41) is 1.67. The molecule has 0 radical (unpaired) electrons. The topological polar surface area (TPSA) is 45.2 Å². The van der Waals surface area contributed by atoms with Gasteiger partial charge in [-0.25, -0.2) is 4.79 Å². The predicted molar refractivity (Wildman–Crippen MR) is 71.6 cm³/mol. The number of aromatic nitrogens is 1. The zero-order valence-electron chi connectivity index (χ0n) is 9.87. The molecule has 2 aromatic rings. The van der Waals surface area contributed by atoms with E-state index in [2.05, 4.69) is 9.98 Å². The largest absolute Gasteiger partial charge is 0.360 e. The van der Waals surface area contributed by atoms with E-state index in [0.29, 0.717) is 5.02 Å². The second kappa shape index (κ2) is 4.27. The third-order valence-corrected chi connectivity index (χ3v) is 4.15. The molecule has 18 heavy (non-hydrogen) atoms. The summed E-state index contributed by atoms with van der Waals surface area (Å²) in [5.41, 5.74) is 1.62. The molecule has 3 rings (SSSR count). The monoisotopic (exact) mass is 260 g/mol. The smallest absolute Gasteiger partial charge is 0.235 e. The number of hydrogen-bond donors (Lipinski definition) is 1. The van der Waals surface area contributed by atoms with Crippen molar-refractivity contribution < 1.29 is 4.79 Å². The van der Waals surface area contributed by atoms with Gasteiger partial charge >= 0.3 is 0 Å². The van der Waals surface area contributed by atoms with Crippen LogP contribution in [0.5, 0.6) is 0 Å². The molecule has 4 heteroatoms. The molecule has 1 heterocycles. The molecule has 0 spiro atoms. The van der Waals surface area contributed by atoms with Gasteiger partial charge in [-0.2, -0.15) is 4.99 Å². The second-order valence-corrected chi connectivity index (χ2v) is 5.21. The average molecular weight is 261 g/mol. The number of aromatic amines is 1. The van der Waals surface area contributed by atoms with Gasteiger partial charge in [-0.05, 0) is 24.5 Å².